The molecule has 1 aliphatic rings. The van der Waals surface area contributed by atoms with Gasteiger partial charge in [0.1, 0.15) is 12.4 Å². The molecular formula is C14H15Cl2N3O. The fourth-order valence-electron chi connectivity index (χ4n) is 2.43. The van der Waals surface area contributed by atoms with Crippen LogP contribution in [0.1, 0.15) is 19.8 Å². The molecule has 2 aromatic rings. The molecule has 0 atom stereocenters. The summed E-state index contributed by atoms with van der Waals surface area (Å²) in [6, 6.07) is 3.67. The Labute approximate surface area is 127 Å². The van der Waals surface area contributed by atoms with Crippen LogP contribution in [0, 0.1) is 0 Å². The maximum absolute atomic E-state index is 12.1. The average Bonchev–Trinajstić information content (AvgIpc) is 2.73. The van der Waals surface area contributed by atoms with Gasteiger partial charge < -0.3 is 4.57 Å². The van der Waals surface area contributed by atoms with Gasteiger partial charge in [-0.25, -0.2) is 0 Å². The van der Waals surface area contributed by atoms with Crippen molar-refractivity contribution in [3.63, 3.8) is 0 Å². The van der Waals surface area contributed by atoms with Gasteiger partial charge in [-0.15, -0.1) is 0 Å². The van der Waals surface area contributed by atoms with Crippen LogP contribution in [-0.2, 0) is 11.3 Å². The molecule has 0 unspecified atom stereocenters. The van der Waals surface area contributed by atoms with E-state index < -0.39 is 0 Å². The SMILES string of the molecule is CCCCN1Nc2c3cc(Cl)c(Cl)cc3cn2CC1=O. The third-order valence-corrected chi connectivity index (χ3v) is 4.23. The zero-order valence-corrected chi connectivity index (χ0v) is 12.6. The van der Waals surface area contributed by atoms with Crippen LogP contribution in [0.3, 0.4) is 0 Å². The Kier molecular flexibility index (Phi) is 3.52. The predicted octanol–water partition coefficient (Wildman–Crippen LogP) is 3.92. The van der Waals surface area contributed by atoms with Crippen LogP contribution in [0.5, 0.6) is 0 Å². The zero-order valence-electron chi connectivity index (χ0n) is 11.1. The van der Waals surface area contributed by atoms with Crippen LogP contribution in [-0.4, -0.2) is 22.0 Å². The van der Waals surface area contributed by atoms with Gasteiger partial charge in [-0.2, -0.15) is 0 Å². The molecule has 0 radical (unpaired) electrons. The molecule has 0 fully saturated rings. The second-order valence-corrected chi connectivity index (χ2v) is 5.78. The molecule has 0 aliphatic carbocycles. The van der Waals surface area contributed by atoms with E-state index in [4.69, 9.17) is 23.2 Å². The van der Waals surface area contributed by atoms with Crippen molar-refractivity contribution < 1.29 is 4.79 Å². The predicted molar refractivity (Wildman–Crippen MR) is 82.2 cm³/mol. The molecule has 0 spiro atoms. The molecule has 0 saturated heterocycles. The van der Waals surface area contributed by atoms with Crippen molar-refractivity contribution in [2.24, 2.45) is 0 Å². The number of hydrogen-bond donors (Lipinski definition) is 1. The molecule has 1 aromatic carbocycles. The molecular weight excluding hydrogens is 297 g/mol. The average molecular weight is 312 g/mol. The molecule has 6 heteroatoms. The van der Waals surface area contributed by atoms with Crippen LogP contribution < -0.4 is 5.43 Å². The van der Waals surface area contributed by atoms with Gasteiger partial charge >= 0.3 is 0 Å². The summed E-state index contributed by atoms with van der Waals surface area (Å²) in [7, 11) is 0. The highest BCUT2D eigenvalue weighted by molar-refractivity contribution is 6.43. The summed E-state index contributed by atoms with van der Waals surface area (Å²) in [5.74, 6) is 0.970. The van der Waals surface area contributed by atoms with E-state index in [1.807, 2.05) is 22.9 Å². The Morgan fingerprint density at radius 3 is 2.80 bits per heavy atom. The lowest BCUT2D eigenvalue weighted by Gasteiger charge is -2.30. The van der Waals surface area contributed by atoms with Crippen molar-refractivity contribution in [3.8, 4) is 0 Å². The number of benzene rings is 1. The van der Waals surface area contributed by atoms with Gasteiger partial charge in [0, 0.05) is 23.5 Å². The fraction of sp³-hybridized carbons (Fsp3) is 0.357. The summed E-state index contributed by atoms with van der Waals surface area (Å²) >= 11 is 12.1. The number of hydrogen-bond acceptors (Lipinski definition) is 2. The van der Waals surface area contributed by atoms with Gasteiger partial charge in [0.05, 0.1) is 10.0 Å². The normalized spacial score (nSPS) is 14.6. The molecule has 2 heterocycles. The van der Waals surface area contributed by atoms with Gasteiger partial charge in [0.25, 0.3) is 5.91 Å². The van der Waals surface area contributed by atoms with Crippen LogP contribution in [0.25, 0.3) is 10.8 Å². The Balaban J connectivity index is 2.02. The second-order valence-electron chi connectivity index (χ2n) is 4.97. The van der Waals surface area contributed by atoms with E-state index in [0.717, 1.165) is 29.4 Å². The van der Waals surface area contributed by atoms with E-state index in [0.29, 0.717) is 23.1 Å². The van der Waals surface area contributed by atoms with E-state index in [1.54, 1.807) is 5.01 Å². The number of nitrogens with one attached hydrogen (secondary N) is 1. The largest absolute Gasteiger partial charge is 0.323 e. The molecule has 20 heavy (non-hydrogen) atoms. The lowest BCUT2D eigenvalue weighted by molar-refractivity contribution is -0.131. The number of hydrazine groups is 1. The molecule has 4 nitrogen and oxygen atoms in total. The third kappa shape index (κ3) is 2.23. The summed E-state index contributed by atoms with van der Waals surface area (Å²) < 4.78 is 1.90. The number of nitrogens with zero attached hydrogens (tertiary/aromatic N) is 2. The van der Waals surface area contributed by atoms with Gasteiger partial charge in [0.15, 0.2) is 0 Å². The van der Waals surface area contributed by atoms with Crippen molar-refractivity contribution in [2.45, 2.75) is 26.3 Å². The first-order valence-electron chi connectivity index (χ1n) is 6.65. The second kappa shape index (κ2) is 5.19. The summed E-state index contributed by atoms with van der Waals surface area (Å²) in [6.45, 7) is 3.16. The summed E-state index contributed by atoms with van der Waals surface area (Å²) in [4.78, 5) is 12.1. The van der Waals surface area contributed by atoms with E-state index >= 15 is 0 Å². The lowest BCUT2D eigenvalue weighted by atomic mass is 10.2. The minimum atomic E-state index is 0.0726. The van der Waals surface area contributed by atoms with Crippen molar-refractivity contribution >= 4 is 45.7 Å². The van der Waals surface area contributed by atoms with E-state index in [-0.39, 0.29) is 5.91 Å². The molecule has 1 aliphatic heterocycles. The molecule has 1 aromatic heterocycles. The highest BCUT2D eigenvalue weighted by Gasteiger charge is 2.24. The summed E-state index contributed by atoms with van der Waals surface area (Å²) in [5.41, 5.74) is 3.20. The monoisotopic (exact) mass is 311 g/mol. The number of halogens is 2. The Morgan fingerprint density at radius 1 is 1.30 bits per heavy atom. The molecule has 1 N–H and O–H groups in total. The highest BCUT2D eigenvalue weighted by atomic mass is 35.5. The van der Waals surface area contributed by atoms with E-state index in [2.05, 4.69) is 12.3 Å². The van der Waals surface area contributed by atoms with Crippen molar-refractivity contribution in [3.05, 3.63) is 28.4 Å². The Bertz CT molecular complexity index is 681. The number of aromatic nitrogens is 1. The molecule has 1 amide bonds. The van der Waals surface area contributed by atoms with Crippen LogP contribution in [0.15, 0.2) is 18.3 Å². The van der Waals surface area contributed by atoms with Gasteiger partial charge in [-0.05, 0) is 18.6 Å². The quantitative estimate of drug-likeness (QED) is 0.933. The van der Waals surface area contributed by atoms with Gasteiger partial charge in [0.2, 0.25) is 0 Å². The topological polar surface area (TPSA) is 37.3 Å². The summed E-state index contributed by atoms with van der Waals surface area (Å²) in [6.07, 6.45) is 3.95. The first-order valence-corrected chi connectivity index (χ1v) is 7.40. The Hall–Kier alpha value is -1.39. The van der Waals surface area contributed by atoms with E-state index in [9.17, 15) is 4.79 Å². The Morgan fingerprint density at radius 2 is 2.05 bits per heavy atom. The van der Waals surface area contributed by atoms with Gasteiger partial charge in [-0.3, -0.25) is 15.2 Å². The lowest BCUT2D eigenvalue weighted by Crippen LogP contribution is -2.43. The number of amides is 1. The number of fused-ring (bicyclic) bond motifs is 3. The smallest absolute Gasteiger partial charge is 0.260 e. The number of carbonyl (C=O) groups is 1. The van der Waals surface area contributed by atoms with E-state index in [1.165, 1.54) is 0 Å². The minimum Gasteiger partial charge on any atom is -0.323 e. The van der Waals surface area contributed by atoms with Crippen molar-refractivity contribution in [2.75, 3.05) is 12.0 Å². The van der Waals surface area contributed by atoms with Crippen LogP contribution >= 0.6 is 23.2 Å². The fourth-order valence-corrected chi connectivity index (χ4v) is 2.76. The van der Waals surface area contributed by atoms with Crippen LogP contribution in [0.4, 0.5) is 5.82 Å². The number of unbranched alkanes of at least 4 members (excludes halogenated alkanes) is 1. The third-order valence-electron chi connectivity index (χ3n) is 3.51. The maximum Gasteiger partial charge on any atom is 0.260 e. The number of carbonyl (C=O) groups excluding carboxylic acids is 1. The zero-order chi connectivity index (χ0) is 14.3. The molecule has 0 saturated carbocycles. The first kappa shape index (κ1) is 13.6. The number of anilines is 1. The van der Waals surface area contributed by atoms with Crippen molar-refractivity contribution in [1.29, 1.82) is 0 Å². The van der Waals surface area contributed by atoms with Crippen LogP contribution in [0.2, 0.25) is 10.0 Å². The molecule has 3 rings (SSSR count). The summed E-state index contributed by atoms with van der Waals surface area (Å²) in [5, 5.41) is 4.68. The maximum atomic E-state index is 12.1. The van der Waals surface area contributed by atoms with Crippen molar-refractivity contribution in [1.82, 2.24) is 9.58 Å². The number of rotatable bonds is 3. The minimum absolute atomic E-state index is 0.0726. The molecule has 0 bridgehead atoms. The van der Waals surface area contributed by atoms with Gasteiger partial charge in [-0.1, -0.05) is 36.5 Å². The molecule has 106 valence electrons. The highest BCUT2D eigenvalue weighted by Crippen LogP contribution is 2.35. The first-order chi connectivity index (χ1) is 9.60. The standard InChI is InChI=1S/C14H15Cl2N3O/c1-2-3-4-19-13(20)8-18-7-9-5-11(15)12(16)6-10(9)14(18)17-19/h5-7,17H,2-4,8H2,1H3.